The highest BCUT2D eigenvalue weighted by atomic mass is 32.2. The van der Waals surface area contributed by atoms with Crippen LogP contribution in [0, 0.1) is 11.8 Å². The van der Waals surface area contributed by atoms with E-state index in [1.54, 1.807) is 0 Å². The fraction of sp³-hybridized carbons (Fsp3) is 0.913. The molecule has 0 aliphatic heterocycles. The molecule has 2 rings (SSSR count). The van der Waals surface area contributed by atoms with Gasteiger partial charge in [0.1, 0.15) is 0 Å². The summed E-state index contributed by atoms with van der Waals surface area (Å²) >= 11 is 4.45. The molecular formula is C23H42S2. The molecule has 25 heavy (non-hydrogen) atoms. The number of thioether (sulfide) groups is 2. The normalized spacial score (nSPS) is 23.6. The SMILES string of the molecule is C1=CCCC(CCSCCCSCCC2CCCCCCC2)CCC1. The Morgan fingerprint density at radius 2 is 1.12 bits per heavy atom. The standard InChI is InChI=1S/C23H42S2/c1-3-7-12-22(13-8-4-1)16-20-24-18-11-19-25-21-17-23-14-9-5-2-6-10-15-23/h1,3,22-23H,2,4-21H2. The lowest BCUT2D eigenvalue weighted by molar-refractivity contribution is 0.371. The maximum absolute atomic E-state index is 2.41. The monoisotopic (exact) mass is 382 g/mol. The predicted octanol–water partition coefficient (Wildman–Crippen LogP) is 8.12. The van der Waals surface area contributed by atoms with Gasteiger partial charge in [0.15, 0.2) is 0 Å². The van der Waals surface area contributed by atoms with Crippen LogP contribution in [0.4, 0.5) is 0 Å². The minimum atomic E-state index is 1.01. The van der Waals surface area contributed by atoms with Gasteiger partial charge in [-0.1, -0.05) is 63.5 Å². The second kappa shape index (κ2) is 15.5. The smallest absolute Gasteiger partial charge is 0.00597 e. The van der Waals surface area contributed by atoms with Crippen molar-refractivity contribution in [3.63, 3.8) is 0 Å². The first-order valence-corrected chi connectivity index (χ1v) is 13.6. The topological polar surface area (TPSA) is 0 Å². The van der Waals surface area contributed by atoms with Gasteiger partial charge < -0.3 is 0 Å². The van der Waals surface area contributed by atoms with Gasteiger partial charge in [-0.25, -0.2) is 0 Å². The van der Waals surface area contributed by atoms with Gasteiger partial charge in [0, 0.05) is 0 Å². The Hall–Kier alpha value is 0.440. The van der Waals surface area contributed by atoms with Gasteiger partial charge >= 0.3 is 0 Å². The molecule has 2 heteroatoms. The van der Waals surface area contributed by atoms with Crippen molar-refractivity contribution in [1.82, 2.24) is 0 Å². The first kappa shape index (κ1) is 21.7. The molecule has 0 nitrogen and oxygen atoms in total. The second-order valence-corrected chi connectivity index (χ2v) is 10.7. The Morgan fingerprint density at radius 1 is 0.560 bits per heavy atom. The molecule has 0 amide bonds. The van der Waals surface area contributed by atoms with Crippen LogP contribution in [0.3, 0.4) is 0 Å². The summed E-state index contributed by atoms with van der Waals surface area (Å²) < 4.78 is 0. The highest BCUT2D eigenvalue weighted by molar-refractivity contribution is 8.00. The fourth-order valence-corrected chi connectivity index (χ4v) is 6.61. The van der Waals surface area contributed by atoms with E-state index in [-0.39, 0.29) is 0 Å². The van der Waals surface area contributed by atoms with Gasteiger partial charge in [0.2, 0.25) is 0 Å². The molecule has 0 spiro atoms. The molecule has 0 saturated heterocycles. The lowest BCUT2D eigenvalue weighted by Crippen LogP contribution is -2.05. The lowest BCUT2D eigenvalue weighted by Gasteiger charge is -2.19. The van der Waals surface area contributed by atoms with Gasteiger partial charge in [0.05, 0.1) is 0 Å². The molecule has 0 aromatic carbocycles. The van der Waals surface area contributed by atoms with Gasteiger partial charge in [-0.2, -0.15) is 23.5 Å². The van der Waals surface area contributed by atoms with E-state index in [4.69, 9.17) is 0 Å². The molecule has 0 aromatic rings. The highest BCUT2D eigenvalue weighted by Gasteiger charge is 2.11. The molecule has 1 atom stereocenters. The molecule has 1 saturated carbocycles. The van der Waals surface area contributed by atoms with Gasteiger partial charge in [-0.3, -0.25) is 0 Å². The highest BCUT2D eigenvalue weighted by Crippen LogP contribution is 2.26. The summed E-state index contributed by atoms with van der Waals surface area (Å²) in [6.45, 7) is 0. The van der Waals surface area contributed by atoms with E-state index < -0.39 is 0 Å². The van der Waals surface area contributed by atoms with Crippen LogP contribution in [0.2, 0.25) is 0 Å². The summed E-state index contributed by atoms with van der Waals surface area (Å²) in [5.74, 6) is 7.68. The minimum Gasteiger partial charge on any atom is -0.162 e. The quantitative estimate of drug-likeness (QED) is 0.276. The third-order valence-electron chi connectivity index (χ3n) is 6.03. The zero-order chi connectivity index (χ0) is 17.4. The van der Waals surface area contributed by atoms with E-state index in [9.17, 15) is 0 Å². The summed E-state index contributed by atoms with van der Waals surface area (Å²) in [6, 6.07) is 0. The zero-order valence-electron chi connectivity index (χ0n) is 16.6. The summed E-state index contributed by atoms with van der Waals surface area (Å²) in [4.78, 5) is 0. The summed E-state index contributed by atoms with van der Waals surface area (Å²) in [7, 11) is 0. The first-order chi connectivity index (χ1) is 12.4. The van der Waals surface area contributed by atoms with Crippen LogP contribution < -0.4 is 0 Å². The second-order valence-electron chi connectivity index (χ2n) is 8.21. The molecule has 2 aliphatic carbocycles. The van der Waals surface area contributed by atoms with E-state index in [0.717, 1.165) is 11.8 Å². The van der Waals surface area contributed by atoms with Crippen LogP contribution in [-0.4, -0.2) is 23.0 Å². The Kier molecular flexibility index (Phi) is 13.5. The summed E-state index contributed by atoms with van der Waals surface area (Å²) in [5, 5.41) is 0. The average molecular weight is 383 g/mol. The lowest BCUT2D eigenvalue weighted by atomic mass is 9.89. The Balaban J connectivity index is 1.36. The van der Waals surface area contributed by atoms with Crippen molar-refractivity contribution in [2.45, 2.75) is 96.3 Å². The first-order valence-electron chi connectivity index (χ1n) is 11.3. The molecule has 146 valence electrons. The van der Waals surface area contributed by atoms with E-state index in [1.165, 1.54) is 119 Å². The van der Waals surface area contributed by atoms with Crippen LogP contribution >= 0.6 is 23.5 Å². The van der Waals surface area contributed by atoms with Gasteiger partial charge in [-0.05, 0) is 79.8 Å². The number of allylic oxidation sites excluding steroid dienone is 2. The van der Waals surface area contributed by atoms with Gasteiger partial charge in [-0.15, -0.1) is 0 Å². The third kappa shape index (κ3) is 11.7. The summed E-state index contributed by atoms with van der Waals surface area (Å²) in [5.41, 5.74) is 0. The van der Waals surface area contributed by atoms with Crippen LogP contribution in [0.1, 0.15) is 96.3 Å². The van der Waals surface area contributed by atoms with Crippen LogP contribution in [-0.2, 0) is 0 Å². The molecule has 0 radical (unpaired) electrons. The molecule has 1 fully saturated rings. The van der Waals surface area contributed by atoms with Crippen LogP contribution in [0.5, 0.6) is 0 Å². The predicted molar refractivity (Wildman–Crippen MR) is 120 cm³/mol. The van der Waals surface area contributed by atoms with E-state index in [0.29, 0.717) is 0 Å². The van der Waals surface area contributed by atoms with Crippen molar-refractivity contribution >= 4 is 23.5 Å². The van der Waals surface area contributed by atoms with E-state index >= 15 is 0 Å². The maximum Gasteiger partial charge on any atom is -0.00597 e. The van der Waals surface area contributed by atoms with E-state index in [1.807, 2.05) is 0 Å². The Morgan fingerprint density at radius 3 is 1.84 bits per heavy atom. The van der Waals surface area contributed by atoms with Crippen molar-refractivity contribution in [2.75, 3.05) is 23.0 Å². The average Bonchev–Trinajstić information content (AvgIpc) is 2.56. The molecule has 0 bridgehead atoms. The molecule has 0 N–H and O–H groups in total. The maximum atomic E-state index is 2.41. The molecule has 2 aliphatic rings. The number of hydrogen-bond acceptors (Lipinski definition) is 2. The minimum absolute atomic E-state index is 1.01. The molecular weight excluding hydrogens is 340 g/mol. The van der Waals surface area contributed by atoms with Crippen molar-refractivity contribution in [3.05, 3.63) is 12.2 Å². The third-order valence-corrected chi connectivity index (χ3v) is 8.24. The van der Waals surface area contributed by atoms with Crippen molar-refractivity contribution in [1.29, 1.82) is 0 Å². The van der Waals surface area contributed by atoms with Crippen molar-refractivity contribution in [3.8, 4) is 0 Å². The Bertz CT molecular complexity index is 318. The van der Waals surface area contributed by atoms with Crippen molar-refractivity contribution in [2.24, 2.45) is 11.8 Å². The largest absolute Gasteiger partial charge is 0.162 e. The summed E-state index contributed by atoms with van der Waals surface area (Å²) in [6.07, 6.45) is 26.7. The Labute approximate surface area is 166 Å². The zero-order valence-corrected chi connectivity index (χ0v) is 18.2. The fourth-order valence-electron chi connectivity index (χ4n) is 4.32. The van der Waals surface area contributed by atoms with Crippen LogP contribution in [0.15, 0.2) is 12.2 Å². The molecule has 0 aromatic heterocycles. The number of rotatable bonds is 10. The molecule has 1 unspecified atom stereocenters. The number of hydrogen-bond donors (Lipinski definition) is 0. The molecule has 0 heterocycles. The van der Waals surface area contributed by atoms with E-state index in [2.05, 4.69) is 35.7 Å². The van der Waals surface area contributed by atoms with Gasteiger partial charge in [0.25, 0.3) is 0 Å². The van der Waals surface area contributed by atoms with Crippen molar-refractivity contribution < 1.29 is 0 Å². The van der Waals surface area contributed by atoms with Crippen LogP contribution in [0.25, 0.3) is 0 Å².